The molecule has 0 aromatic heterocycles. The number of hydrogen-bond acceptors (Lipinski definition) is 3. The summed E-state index contributed by atoms with van der Waals surface area (Å²) in [5.74, 6) is 1.36. The molecule has 2 aliphatic heterocycles. The van der Waals surface area contributed by atoms with Gasteiger partial charge in [0.25, 0.3) is 5.91 Å². The molecule has 0 aliphatic carbocycles. The number of ether oxygens (including phenoxy) is 2. The molecule has 2 aliphatic rings. The van der Waals surface area contributed by atoms with E-state index < -0.39 is 0 Å². The van der Waals surface area contributed by atoms with Crippen molar-refractivity contribution >= 4 is 5.91 Å². The van der Waals surface area contributed by atoms with Gasteiger partial charge < -0.3 is 14.4 Å². The van der Waals surface area contributed by atoms with Gasteiger partial charge in [-0.05, 0) is 43.2 Å². The van der Waals surface area contributed by atoms with Crippen LogP contribution in [-0.4, -0.2) is 42.7 Å². The molecule has 126 valence electrons. The lowest BCUT2D eigenvalue weighted by Crippen LogP contribution is -2.54. The zero-order valence-corrected chi connectivity index (χ0v) is 14.2. The summed E-state index contributed by atoms with van der Waals surface area (Å²) in [5.41, 5.74) is 1.27. The summed E-state index contributed by atoms with van der Waals surface area (Å²) in [5, 5.41) is 0. The van der Waals surface area contributed by atoms with Crippen LogP contribution in [0.3, 0.4) is 0 Å². The van der Waals surface area contributed by atoms with Crippen LogP contribution in [0.25, 0.3) is 0 Å². The summed E-state index contributed by atoms with van der Waals surface area (Å²) in [6.07, 6.45) is 4.13. The van der Waals surface area contributed by atoms with Crippen molar-refractivity contribution in [3.63, 3.8) is 0 Å². The summed E-state index contributed by atoms with van der Waals surface area (Å²) in [6, 6.07) is 8.04. The Bertz CT molecular complexity index is 543. The van der Waals surface area contributed by atoms with Crippen LogP contribution < -0.4 is 4.74 Å². The van der Waals surface area contributed by atoms with Crippen molar-refractivity contribution in [3.05, 3.63) is 29.8 Å². The second kappa shape index (κ2) is 6.91. The molecule has 0 unspecified atom stereocenters. The second-order valence-corrected chi connectivity index (χ2v) is 6.80. The maximum atomic E-state index is 12.4. The van der Waals surface area contributed by atoms with Gasteiger partial charge in [-0.3, -0.25) is 4.79 Å². The first kappa shape index (κ1) is 16.3. The lowest BCUT2D eigenvalue weighted by atomic mass is 9.84. The second-order valence-electron chi connectivity index (χ2n) is 6.80. The van der Waals surface area contributed by atoms with E-state index in [0.29, 0.717) is 5.92 Å². The predicted octanol–water partition coefficient (Wildman–Crippen LogP) is 3.36. The average Bonchev–Trinajstić information content (AvgIpc) is 2.58. The fourth-order valence-corrected chi connectivity index (χ4v) is 3.42. The molecule has 4 heteroatoms. The Balaban J connectivity index is 1.53. The Hall–Kier alpha value is -1.55. The third kappa shape index (κ3) is 3.52. The fraction of sp³-hybridized carbons (Fsp3) is 0.632. The SMILES string of the molecule is CC[C@@H](C)c1ccccc1OCC(=O)N1CCC2(CCO2)CC1. The van der Waals surface area contributed by atoms with E-state index in [0.717, 1.165) is 51.1 Å². The van der Waals surface area contributed by atoms with Gasteiger partial charge in [-0.1, -0.05) is 32.0 Å². The van der Waals surface area contributed by atoms with Gasteiger partial charge >= 0.3 is 0 Å². The fourth-order valence-electron chi connectivity index (χ4n) is 3.42. The number of carbonyl (C=O) groups excluding carboxylic acids is 1. The number of benzene rings is 1. The van der Waals surface area contributed by atoms with Crippen LogP contribution in [0.5, 0.6) is 5.75 Å². The van der Waals surface area contributed by atoms with Crippen molar-refractivity contribution in [3.8, 4) is 5.75 Å². The number of nitrogens with zero attached hydrogens (tertiary/aromatic N) is 1. The van der Waals surface area contributed by atoms with Gasteiger partial charge in [0.05, 0.1) is 12.2 Å². The van der Waals surface area contributed by atoms with E-state index in [1.807, 2.05) is 23.1 Å². The highest BCUT2D eigenvalue weighted by molar-refractivity contribution is 5.78. The Labute approximate surface area is 138 Å². The van der Waals surface area contributed by atoms with Gasteiger partial charge in [0.1, 0.15) is 5.75 Å². The summed E-state index contributed by atoms with van der Waals surface area (Å²) in [6.45, 7) is 6.93. The van der Waals surface area contributed by atoms with E-state index in [9.17, 15) is 4.79 Å². The summed E-state index contributed by atoms with van der Waals surface area (Å²) >= 11 is 0. The molecule has 0 radical (unpaired) electrons. The molecule has 1 aromatic rings. The molecule has 3 rings (SSSR count). The molecule has 1 aromatic carbocycles. The molecule has 1 spiro atoms. The Morgan fingerprint density at radius 2 is 2.00 bits per heavy atom. The van der Waals surface area contributed by atoms with Crippen LogP contribution in [0.4, 0.5) is 0 Å². The molecule has 2 saturated heterocycles. The van der Waals surface area contributed by atoms with Crippen LogP contribution in [0.15, 0.2) is 24.3 Å². The first-order chi connectivity index (χ1) is 11.1. The first-order valence-electron chi connectivity index (χ1n) is 8.77. The smallest absolute Gasteiger partial charge is 0.260 e. The number of carbonyl (C=O) groups is 1. The van der Waals surface area contributed by atoms with Crippen molar-refractivity contribution < 1.29 is 14.3 Å². The van der Waals surface area contributed by atoms with E-state index >= 15 is 0 Å². The van der Waals surface area contributed by atoms with Gasteiger partial charge in [-0.2, -0.15) is 0 Å². The Morgan fingerprint density at radius 1 is 1.30 bits per heavy atom. The van der Waals surface area contributed by atoms with E-state index in [1.165, 1.54) is 5.56 Å². The average molecular weight is 317 g/mol. The third-order valence-corrected chi connectivity index (χ3v) is 5.41. The zero-order valence-electron chi connectivity index (χ0n) is 14.2. The van der Waals surface area contributed by atoms with E-state index in [2.05, 4.69) is 19.9 Å². The van der Waals surface area contributed by atoms with Crippen LogP contribution >= 0.6 is 0 Å². The monoisotopic (exact) mass is 317 g/mol. The minimum atomic E-state index is 0.0816. The molecular weight excluding hydrogens is 290 g/mol. The van der Waals surface area contributed by atoms with Crippen molar-refractivity contribution in [1.82, 2.24) is 4.90 Å². The number of amides is 1. The number of para-hydroxylation sites is 1. The van der Waals surface area contributed by atoms with Crippen molar-refractivity contribution in [2.24, 2.45) is 0 Å². The lowest BCUT2D eigenvalue weighted by molar-refractivity contribution is -0.176. The Morgan fingerprint density at radius 3 is 2.61 bits per heavy atom. The molecule has 2 fully saturated rings. The van der Waals surface area contributed by atoms with Crippen LogP contribution in [0, 0.1) is 0 Å². The van der Waals surface area contributed by atoms with Gasteiger partial charge in [0.2, 0.25) is 0 Å². The number of likely N-dealkylation sites (tertiary alicyclic amines) is 1. The van der Waals surface area contributed by atoms with Gasteiger partial charge in [-0.15, -0.1) is 0 Å². The summed E-state index contributed by atoms with van der Waals surface area (Å²) < 4.78 is 11.5. The molecule has 2 heterocycles. The van der Waals surface area contributed by atoms with Crippen LogP contribution in [0.1, 0.15) is 51.0 Å². The lowest BCUT2D eigenvalue weighted by Gasteiger charge is -2.47. The largest absolute Gasteiger partial charge is 0.483 e. The normalized spacial score (nSPS) is 20.9. The third-order valence-electron chi connectivity index (χ3n) is 5.41. The summed E-state index contributed by atoms with van der Waals surface area (Å²) in [4.78, 5) is 14.3. The standard InChI is InChI=1S/C19H27NO3/c1-3-15(2)16-6-4-5-7-17(16)22-14-18(21)20-11-8-19(9-12-20)10-13-23-19/h4-7,15H,3,8-14H2,1-2H3/t15-/m1/s1. The molecule has 4 nitrogen and oxygen atoms in total. The number of piperidine rings is 1. The van der Waals surface area contributed by atoms with Crippen molar-refractivity contribution in [2.45, 2.75) is 51.0 Å². The molecule has 23 heavy (non-hydrogen) atoms. The molecule has 0 saturated carbocycles. The van der Waals surface area contributed by atoms with E-state index in [4.69, 9.17) is 9.47 Å². The first-order valence-corrected chi connectivity index (χ1v) is 8.77. The Kier molecular flexibility index (Phi) is 4.90. The maximum absolute atomic E-state index is 12.4. The van der Waals surface area contributed by atoms with Crippen molar-refractivity contribution in [1.29, 1.82) is 0 Å². The van der Waals surface area contributed by atoms with E-state index in [-0.39, 0.29) is 18.1 Å². The summed E-state index contributed by atoms with van der Waals surface area (Å²) in [7, 11) is 0. The number of rotatable bonds is 5. The predicted molar refractivity (Wildman–Crippen MR) is 89.8 cm³/mol. The quantitative estimate of drug-likeness (QED) is 0.836. The van der Waals surface area contributed by atoms with Gasteiger partial charge in [0, 0.05) is 13.1 Å². The molecular formula is C19H27NO3. The van der Waals surface area contributed by atoms with Crippen molar-refractivity contribution in [2.75, 3.05) is 26.3 Å². The zero-order chi connectivity index (χ0) is 16.3. The molecule has 0 bridgehead atoms. The van der Waals surface area contributed by atoms with Gasteiger partial charge in [-0.25, -0.2) is 0 Å². The highest BCUT2D eigenvalue weighted by Gasteiger charge is 2.41. The maximum Gasteiger partial charge on any atom is 0.260 e. The van der Waals surface area contributed by atoms with Crippen LogP contribution in [-0.2, 0) is 9.53 Å². The number of hydrogen-bond donors (Lipinski definition) is 0. The van der Waals surface area contributed by atoms with Gasteiger partial charge in [0.15, 0.2) is 6.61 Å². The molecule has 0 N–H and O–H groups in total. The van der Waals surface area contributed by atoms with Crippen LogP contribution in [0.2, 0.25) is 0 Å². The molecule has 1 amide bonds. The molecule has 1 atom stereocenters. The highest BCUT2D eigenvalue weighted by Crippen LogP contribution is 2.36. The minimum absolute atomic E-state index is 0.0816. The van der Waals surface area contributed by atoms with E-state index in [1.54, 1.807) is 0 Å². The topological polar surface area (TPSA) is 38.8 Å². The minimum Gasteiger partial charge on any atom is -0.483 e. The highest BCUT2D eigenvalue weighted by atomic mass is 16.5.